The number of aliphatic hydroxyl groups is 2. The lowest BCUT2D eigenvalue weighted by atomic mass is 9.95. The maximum atomic E-state index is 9.68. The number of hydrogen-bond donors (Lipinski definition) is 2. The summed E-state index contributed by atoms with van der Waals surface area (Å²) in [7, 11) is 0. The highest BCUT2D eigenvalue weighted by Gasteiger charge is 2.35. The second-order valence-corrected chi connectivity index (χ2v) is 4.33. The first-order chi connectivity index (χ1) is 4.69. The fourth-order valence-electron chi connectivity index (χ4n) is 1.20. The summed E-state index contributed by atoms with van der Waals surface area (Å²) in [6, 6.07) is 0. The smallest absolute Gasteiger partial charge is 0.0992 e. The molecular formula is C7H14O2S. The summed E-state index contributed by atoms with van der Waals surface area (Å²) < 4.78 is 0. The van der Waals surface area contributed by atoms with Gasteiger partial charge in [0.2, 0.25) is 0 Å². The van der Waals surface area contributed by atoms with Crippen molar-refractivity contribution in [3.63, 3.8) is 0 Å². The molecule has 0 spiro atoms. The van der Waals surface area contributed by atoms with E-state index in [1.165, 1.54) is 0 Å². The molecule has 1 fully saturated rings. The van der Waals surface area contributed by atoms with Crippen LogP contribution in [0.4, 0.5) is 0 Å². The van der Waals surface area contributed by atoms with Gasteiger partial charge in [-0.25, -0.2) is 0 Å². The lowest BCUT2D eigenvalue weighted by Gasteiger charge is -2.35. The van der Waals surface area contributed by atoms with Gasteiger partial charge in [0.25, 0.3) is 0 Å². The van der Waals surface area contributed by atoms with Crippen molar-refractivity contribution in [1.29, 1.82) is 0 Å². The quantitative estimate of drug-likeness (QED) is 0.594. The Morgan fingerprint density at radius 1 is 1.70 bits per heavy atom. The van der Waals surface area contributed by atoms with Crippen LogP contribution in [0.25, 0.3) is 0 Å². The average Bonchev–Trinajstić information content (AvgIpc) is 1.96. The Morgan fingerprint density at radius 3 is 2.80 bits per heavy atom. The third kappa shape index (κ3) is 1.47. The van der Waals surface area contributed by atoms with E-state index in [-0.39, 0.29) is 11.9 Å². The third-order valence-electron chi connectivity index (χ3n) is 2.15. The van der Waals surface area contributed by atoms with Crippen LogP contribution >= 0.6 is 11.8 Å². The van der Waals surface area contributed by atoms with Crippen molar-refractivity contribution in [2.75, 3.05) is 12.4 Å². The summed E-state index contributed by atoms with van der Waals surface area (Å²) in [5.74, 6) is 1.11. The van der Waals surface area contributed by atoms with Gasteiger partial charge < -0.3 is 10.2 Å². The molecule has 2 atom stereocenters. The summed E-state index contributed by atoms with van der Waals surface area (Å²) in [6.07, 6.45) is 1.77. The zero-order valence-corrected chi connectivity index (χ0v) is 7.02. The summed E-state index contributed by atoms with van der Waals surface area (Å²) in [5, 5.41) is 18.7. The topological polar surface area (TPSA) is 40.5 Å². The molecular weight excluding hydrogens is 148 g/mol. The van der Waals surface area contributed by atoms with Gasteiger partial charge in [0.05, 0.1) is 12.2 Å². The Morgan fingerprint density at radius 2 is 2.40 bits per heavy atom. The van der Waals surface area contributed by atoms with E-state index in [2.05, 4.69) is 0 Å². The molecule has 2 N–H and O–H groups in total. The van der Waals surface area contributed by atoms with Gasteiger partial charge in [0, 0.05) is 5.25 Å². The molecule has 0 saturated carbocycles. The first kappa shape index (κ1) is 8.37. The number of rotatable bonds is 1. The molecule has 0 aromatic heterocycles. The van der Waals surface area contributed by atoms with Crippen molar-refractivity contribution in [3.8, 4) is 0 Å². The van der Waals surface area contributed by atoms with Gasteiger partial charge in [0.15, 0.2) is 0 Å². The van der Waals surface area contributed by atoms with Crippen molar-refractivity contribution >= 4 is 11.8 Å². The molecule has 2 nitrogen and oxygen atoms in total. The van der Waals surface area contributed by atoms with E-state index in [0.717, 1.165) is 18.6 Å². The number of aliphatic hydroxyl groups excluding tert-OH is 1. The van der Waals surface area contributed by atoms with Gasteiger partial charge in [-0.15, -0.1) is 0 Å². The molecule has 0 aromatic rings. The van der Waals surface area contributed by atoms with Crippen LogP contribution in [0.1, 0.15) is 19.8 Å². The summed E-state index contributed by atoms with van der Waals surface area (Å²) in [5.41, 5.74) is -0.803. The Kier molecular flexibility index (Phi) is 2.61. The van der Waals surface area contributed by atoms with Gasteiger partial charge >= 0.3 is 0 Å². The molecule has 1 saturated heterocycles. The summed E-state index contributed by atoms with van der Waals surface area (Å²) in [4.78, 5) is 0. The lowest BCUT2D eigenvalue weighted by Crippen LogP contribution is -2.44. The minimum absolute atomic E-state index is 0.0961. The SMILES string of the molecule is CC1SCCCC1(O)CO. The normalized spacial score (nSPS) is 41.7. The zero-order valence-electron chi connectivity index (χ0n) is 6.21. The standard InChI is InChI=1S/C7H14O2S/c1-6-7(9,5-8)3-2-4-10-6/h6,8-9H,2-5H2,1H3. The summed E-state index contributed by atoms with van der Waals surface area (Å²) in [6.45, 7) is 1.88. The van der Waals surface area contributed by atoms with Crippen molar-refractivity contribution in [1.82, 2.24) is 0 Å². The molecule has 0 amide bonds. The molecule has 1 aliphatic rings. The molecule has 2 unspecified atom stereocenters. The van der Waals surface area contributed by atoms with Crippen molar-refractivity contribution in [2.45, 2.75) is 30.6 Å². The lowest BCUT2D eigenvalue weighted by molar-refractivity contribution is -0.0221. The van der Waals surface area contributed by atoms with Crippen LogP contribution in [-0.2, 0) is 0 Å². The maximum absolute atomic E-state index is 9.68. The average molecular weight is 162 g/mol. The summed E-state index contributed by atoms with van der Waals surface area (Å²) >= 11 is 1.74. The van der Waals surface area contributed by atoms with Gasteiger partial charge in [-0.3, -0.25) is 0 Å². The van der Waals surface area contributed by atoms with Crippen LogP contribution in [0.2, 0.25) is 0 Å². The van der Waals surface area contributed by atoms with E-state index >= 15 is 0 Å². The predicted molar refractivity (Wildman–Crippen MR) is 43.2 cm³/mol. The van der Waals surface area contributed by atoms with Crippen LogP contribution < -0.4 is 0 Å². The molecule has 3 heteroatoms. The van der Waals surface area contributed by atoms with Crippen LogP contribution in [0.15, 0.2) is 0 Å². The molecule has 1 aliphatic heterocycles. The third-order valence-corrected chi connectivity index (χ3v) is 3.62. The van der Waals surface area contributed by atoms with E-state index in [1.54, 1.807) is 11.8 Å². The molecule has 10 heavy (non-hydrogen) atoms. The van der Waals surface area contributed by atoms with E-state index in [4.69, 9.17) is 5.11 Å². The monoisotopic (exact) mass is 162 g/mol. The van der Waals surface area contributed by atoms with Gasteiger partial charge in [-0.05, 0) is 18.6 Å². The first-order valence-electron chi connectivity index (χ1n) is 3.64. The largest absolute Gasteiger partial charge is 0.393 e. The second-order valence-electron chi connectivity index (χ2n) is 2.88. The van der Waals surface area contributed by atoms with Crippen molar-refractivity contribution in [3.05, 3.63) is 0 Å². The number of hydrogen-bond acceptors (Lipinski definition) is 3. The first-order valence-corrected chi connectivity index (χ1v) is 4.69. The minimum Gasteiger partial charge on any atom is -0.393 e. The Hall–Kier alpha value is 0.270. The van der Waals surface area contributed by atoms with E-state index in [0.29, 0.717) is 0 Å². The molecule has 0 radical (unpaired) electrons. The predicted octanol–water partition coefficient (Wildman–Crippen LogP) is 0.625. The van der Waals surface area contributed by atoms with Crippen molar-refractivity contribution < 1.29 is 10.2 Å². The Bertz CT molecular complexity index is 118. The molecule has 1 rings (SSSR count). The molecule has 60 valence electrons. The van der Waals surface area contributed by atoms with Crippen LogP contribution in [0.5, 0.6) is 0 Å². The van der Waals surface area contributed by atoms with Gasteiger partial charge in [-0.2, -0.15) is 11.8 Å². The van der Waals surface area contributed by atoms with Crippen LogP contribution in [0.3, 0.4) is 0 Å². The zero-order chi connectivity index (χ0) is 7.61. The van der Waals surface area contributed by atoms with E-state index < -0.39 is 5.60 Å². The Labute approximate surface area is 65.6 Å². The van der Waals surface area contributed by atoms with Crippen LogP contribution in [-0.4, -0.2) is 33.4 Å². The van der Waals surface area contributed by atoms with Crippen molar-refractivity contribution in [2.24, 2.45) is 0 Å². The molecule has 0 bridgehead atoms. The molecule has 0 aliphatic carbocycles. The van der Waals surface area contributed by atoms with Gasteiger partial charge in [-0.1, -0.05) is 6.92 Å². The highest BCUT2D eigenvalue weighted by atomic mass is 32.2. The minimum atomic E-state index is -0.803. The van der Waals surface area contributed by atoms with E-state index in [1.807, 2.05) is 6.92 Å². The number of thioether (sulfide) groups is 1. The highest BCUT2D eigenvalue weighted by molar-refractivity contribution is 8.00. The fraction of sp³-hybridized carbons (Fsp3) is 1.00. The Balaban J connectivity index is 2.54. The highest BCUT2D eigenvalue weighted by Crippen LogP contribution is 2.33. The van der Waals surface area contributed by atoms with Gasteiger partial charge in [0.1, 0.15) is 0 Å². The second kappa shape index (κ2) is 3.11. The fourth-order valence-corrected chi connectivity index (χ4v) is 2.37. The van der Waals surface area contributed by atoms with Crippen LogP contribution in [0, 0.1) is 0 Å². The van der Waals surface area contributed by atoms with E-state index in [9.17, 15) is 5.11 Å². The molecule has 1 heterocycles. The molecule has 0 aromatic carbocycles. The maximum Gasteiger partial charge on any atom is 0.0992 e.